The highest BCUT2D eigenvalue weighted by atomic mass is 35.5. The van der Waals surface area contributed by atoms with Gasteiger partial charge in [0.15, 0.2) is 11.0 Å². The average Bonchev–Trinajstić information content (AvgIpc) is 3.07. The van der Waals surface area contributed by atoms with E-state index in [2.05, 4.69) is 15.5 Å². The van der Waals surface area contributed by atoms with Crippen molar-refractivity contribution in [2.75, 3.05) is 25.3 Å². The predicted molar refractivity (Wildman–Crippen MR) is 115 cm³/mol. The summed E-state index contributed by atoms with van der Waals surface area (Å²) in [5, 5.41) is 12.3. The van der Waals surface area contributed by atoms with Crippen LogP contribution in [0.2, 0.25) is 5.02 Å². The number of thioether (sulfide) groups is 1. The van der Waals surface area contributed by atoms with Crippen LogP contribution >= 0.6 is 23.4 Å². The number of aryl methyl sites for hydroxylation is 1. The van der Waals surface area contributed by atoms with Gasteiger partial charge in [-0.25, -0.2) is 0 Å². The molecule has 7 nitrogen and oxygen atoms in total. The Labute approximate surface area is 178 Å². The number of anilines is 1. The number of carbonyl (C=O) groups is 1. The lowest BCUT2D eigenvalue weighted by molar-refractivity contribution is -0.113. The van der Waals surface area contributed by atoms with Gasteiger partial charge in [-0.15, -0.1) is 10.2 Å². The van der Waals surface area contributed by atoms with E-state index in [-0.39, 0.29) is 11.7 Å². The normalized spacial score (nSPS) is 10.7. The second-order valence-corrected chi connectivity index (χ2v) is 7.61. The second kappa shape index (κ2) is 9.19. The highest BCUT2D eigenvalue weighted by Crippen LogP contribution is 2.36. The number of rotatable bonds is 7. The van der Waals surface area contributed by atoms with E-state index in [9.17, 15) is 4.79 Å². The summed E-state index contributed by atoms with van der Waals surface area (Å²) in [6.07, 6.45) is 0. The molecule has 3 rings (SSSR count). The van der Waals surface area contributed by atoms with Gasteiger partial charge in [0.05, 0.1) is 30.7 Å². The monoisotopic (exact) mass is 432 g/mol. The van der Waals surface area contributed by atoms with Crippen molar-refractivity contribution >= 4 is 35.0 Å². The molecule has 0 spiro atoms. The molecule has 9 heteroatoms. The molecule has 2 aromatic carbocycles. The van der Waals surface area contributed by atoms with Gasteiger partial charge in [0.2, 0.25) is 5.91 Å². The van der Waals surface area contributed by atoms with Gasteiger partial charge < -0.3 is 19.4 Å². The number of aromatic nitrogens is 3. The third-order valence-electron chi connectivity index (χ3n) is 4.19. The second-order valence-electron chi connectivity index (χ2n) is 6.26. The molecule has 0 saturated carbocycles. The summed E-state index contributed by atoms with van der Waals surface area (Å²) in [6, 6.07) is 11.3. The van der Waals surface area contributed by atoms with Crippen LogP contribution in [0.4, 0.5) is 5.69 Å². The van der Waals surface area contributed by atoms with Crippen LogP contribution in [0.5, 0.6) is 11.5 Å². The highest BCUT2D eigenvalue weighted by molar-refractivity contribution is 7.99. The van der Waals surface area contributed by atoms with E-state index in [1.165, 1.54) is 26.0 Å². The number of amides is 1. The molecule has 0 radical (unpaired) electrons. The molecular formula is C20H21ClN4O3S. The molecule has 0 atom stereocenters. The Hall–Kier alpha value is -2.71. The largest absolute Gasteiger partial charge is 0.495 e. The molecule has 1 aromatic heterocycles. The van der Waals surface area contributed by atoms with E-state index >= 15 is 0 Å². The molecule has 29 heavy (non-hydrogen) atoms. The lowest BCUT2D eigenvalue weighted by Crippen LogP contribution is -2.15. The molecule has 1 heterocycles. The van der Waals surface area contributed by atoms with Crippen LogP contribution in [0.1, 0.15) is 5.56 Å². The van der Waals surface area contributed by atoms with Gasteiger partial charge in [0, 0.05) is 24.7 Å². The van der Waals surface area contributed by atoms with Gasteiger partial charge in [0.25, 0.3) is 0 Å². The fraction of sp³-hybridized carbons (Fsp3) is 0.250. The summed E-state index contributed by atoms with van der Waals surface area (Å²) in [7, 11) is 4.90. The maximum absolute atomic E-state index is 12.5. The van der Waals surface area contributed by atoms with Crippen molar-refractivity contribution in [3.8, 4) is 22.9 Å². The maximum atomic E-state index is 12.5. The molecule has 0 aliphatic rings. The number of halogens is 1. The minimum absolute atomic E-state index is 0.161. The number of nitrogens with zero attached hydrogens (tertiary/aromatic N) is 3. The van der Waals surface area contributed by atoms with Crippen molar-refractivity contribution in [3.63, 3.8) is 0 Å². The number of benzene rings is 2. The van der Waals surface area contributed by atoms with Crippen molar-refractivity contribution in [2.45, 2.75) is 12.1 Å². The van der Waals surface area contributed by atoms with Gasteiger partial charge in [0.1, 0.15) is 11.5 Å². The van der Waals surface area contributed by atoms with Crippen LogP contribution in [-0.2, 0) is 11.8 Å². The topological polar surface area (TPSA) is 78.3 Å². The van der Waals surface area contributed by atoms with Gasteiger partial charge in [-0.2, -0.15) is 0 Å². The molecule has 0 bridgehead atoms. The summed E-state index contributed by atoms with van der Waals surface area (Å²) in [4.78, 5) is 12.5. The quantitative estimate of drug-likeness (QED) is 0.564. The molecule has 0 saturated heterocycles. The molecule has 1 amide bonds. The first-order valence-electron chi connectivity index (χ1n) is 8.73. The minimum Gasteiger partial charge on any atom is -0.495 e. The smallest absolute Gasteiger partial charge is 0.234 e. The molecule has 1 N–H and O–H groups in total. The van der Waals surface area contributed by atoms with E-state index < -0.39 is 0 Å². The van der Waals surface area contributed by atoms with Crippen LogP contribution in [-0.4, -0.2) is 40.6 Å². The number of nitrogens with one attached hydrogen (secondary N) is 1. The zero-order chi connectivity index (χ0) is 21.0. The molecule has 0 unspecified atom stereocenters. The van der Waals surface area contributed by atoms with E-state index in [0.717, 1.165) is 17.0 Å². The van der Waals surface area contributed by atoms with E-state index in [1.54, 1.807) is 12.1 Å². The van der Waals surface area contributed by atoms with Crippen LogP contribution in [0.15, 0.2) is 41.6 Å². The Kier molecular flexibility index (Phi) is 6.66. The number of ether oxygens (including phenoxy) is 2. The average molecular weight is 433 g/mol. The number of carbonyl (C=O) groups excluding carboxylic acids is 1. The number of methoxy groups -OCH3 is 2. The molecule has 152 valence electrons. The third kappa shape index (κ3) is 4.83. The van der Waals surface area contributed by atoms with Crippen molar-refractivity contribution in [2.24, 2.45) is 7.05 Å². The highest BCUT2D eigenvalue weighted by Gasteiger charge is 2.15. The summed E-state index contributed by atoms with van der Waals surface area (Å²) >= 11 is 7.40. The Morgan fingerprint density at radius 1 is 1.17 bits per heavy atom. The van der Waals surface area contributed by atoms with Crippen molar-refractivity contribution in [1.82, 2.24) is 14.8 Å². The Balaban J connectivity index is 1.69. The SMILES string of the molecule is COc1cc(NC(=O)CSc2nnc(-c3cccc(C)c3)n2C)c(OC)cc1Cl. The fourth-order valence-electron chi connectivity index (χ4n) is 2.75. The zero-order valence-electron chi connectivity index (χ0n) is 16.5. The first-order valence-corrected chi connectivity index (χ1v) is 10.1. The van der Waals surface area contributed by atoms with E-state index in [0.29, 0.717) is 27.4 Å². The maximum Gasteiger partial charge on any atom is 0.234 e. The van der Waals surface area contributed by atoms with Gasteiger partial charge in [-0.3, -0.25) is 4.79 Å². The van der Waals surface area contributed by atoms with Crippen LogP contribution in [0.3, 0.4) is 0 Å². The zero-order valence-corrected chi connectivity index (χ0v) is 18.1. The first kappa shape index (κ1) is 21.0. The van der Waals surface area contributed by atoms with E-state index in [4.69, 9.17) is 21.1 Å². The number of hydrogen-bond acceptors (Lipinski definition) is 6. The Bertz CT molecular complexity index is 1040. The molecule has 0 fully saturated rings. The summed E-state index contributed by atoms with van der Waals surface area (Å²) in [6.45, 7) is 2.03. The third-order valence-corrected chi connectivity index (χ3v) is 5.51. The van der Waals surface area contributed by atoms with Crippen LogP contribution in [0.25, 0.3) is 11.4 Å². The van der Waals surface area contributed by atoms with Gasteiger partial charge in [-0.1, -0.05) is 47.1 Å². The summed E-state index contributed by atoms with van der Waals surface area (Å²) < 4.78 is 12.4. The van der Waals surface area contributed by atoms with Gasteiger partial charge in [-0.05, 0) is 13.0 Å². The predicted octanol–water partition coefficient (Wildman–Crippen LogP) is 4.19. The Morgan fingerprint density at radius 3 is 2.62 bits per heavy atom. The van der Waals surface area contributed by atoms with Crippen LogP contribution < -0.4 is 14.8 Å². The van der Waals surface area contributed by atoms with Crippen molar-refractivity contribution < 1.29 is 14.3 Å². The van der Waals surface area contributed by atoms with Crippen molar-refractivity contribution in [1.29, 1.82) is 0 Å². The molecule has 0 aliphatic carbocycles. The van der Waals surface area contributed by atoms with Gasteiger partial charge >= 0.3 is 0 Å². The standard InChI is InChI=1S/C20H21ClN4O3S/c1-12-6-5-7-13(8-12)19-23-24-20(25(19)2)29-11-18(26)22-15-10-16(27-3)14(21)9-17(15)28-4/h5-10H,11H2,1-4H3,(H,22,26). The molecular weight excluding hydrogens is 412 g/mol. The molecule has 0 aliphatic heterocycles. The Morgan fingerprint density at radius 2 is 1.93 bits per heavy atom. The van der Waals surface area contributed by atoms with Crippen molar-refractivity contribution in [3.05, 3.63) is 47.0 Å². The lowest BCUT2D eigenvalue weighted by Gasteiger charge is -2.13. The van der Waals surface area contributed by atoms with Crippen LogP contribution in [0, 0.1) is 6.92 Å². The number of hydrogen-bond donors (Lipinski definition) is 1. The minimum atomic E-state index is -0.210. The van der Waals surface area contributed by atoms with E-state index in [1.807, 2.05) is 42.8 Å². The summed E-state index contributed by atoms with van der Waals surface area (Å²) in [5.41, 5.74) is 2.61. The fourth-order valence-corrected chi connectivity index (χ4v) is 3.69. The molecule has 3 aromatic rings. The lowest BCUT2D eigenvalue weighted by atomic mass is 10.1. The summed E-state index contributed by atoms with van der Waals surface area (Å²) in [5.74, 6) is 1.60. The first-order chi connectivity index (χ1) is 13.9.